The molecule has 0 aromatic rings. The first-order valence-corrected chi connectivity index (χ1v) is 3.71. The minimum absolute atomic E-state index is 0.405. The zero-order valence-corrected chi connectivity index (χ0v) is 6.10. The normalized spacial score (nSPS) is 20.6. The maximum absolute atomic E-state index is 10.8. The van der Waals surface area contributed by atoms with Crippen LogP contribution in [0.3, 0.4) is 0 Å². The average Bonchev–Trinajstić information content (AvgIpc) is 1.95. The molecule has 0 radical (unpaired) electrons. The second kappa shape index (κ2) is 3.40. The van der Waals surface area contributed by atoms with Crippen molar-refractivity contribution in [1.82, 2.24) is 5.32 Å². The van der Waals surface area contributed by atoms with Gasteiger partial charge in [0, 0.05) is 18.9 Å². The topological polar surface area (TPSA) is 29.1 Å². The van der Waals surface area contributed by atoms with Crippen molar-refractivity contribution in [3.05, 3.63) is 12.8 Å². The summed E-state index contributed by atoms with van der Waals surface area (Å²) < 4.78 is 0. The van der Waals surface area contributed by atoms with Gasteiger partial charge in [-0.25, -0.2) is 0 Å². The van der Waals surface area contributed by atoms with Gasteiger partial charge in [-0.3, -0.25) is 4.79 Å². The molecule has 1 aliphatic rings. The van der Waals surface area contributed by atoms with Crippen molar-refractivity contribution in [2.24, 2.45) is 0 Å². The molecule has 1 rings (SSSR count). The van der Waals surface area contributed by atoms with E-state index in [1.54, 1.807) is 6.20 Å². The van der Waals surface area contributed by atoms with Crippen LogP contribution in [-0.4, -0.2) is 11.8 Å². The zero-order chi connectivity index (χ0) is 7.40. The van der Waals surface area contributed by atoms with Crippen molar-refractivity contribution in [3.63, 3.8) is 0 Å². The molecule has 0 unspecified atom stereocenters. The first-order chi connectivity index (χ1) is 4.83. The van der Waals surface area contributed by atoms with Crippen LogP contribution in [0.15, 0.2) is 12.8 Å². The van der Waals surface area contributed by atoms with E-state index in [9.17, 15) is 4.79 Å². The van der Waals surface area contributed by atoms with E-state index in [1.165, 1.54) is 0 Å². The molecular formula is C8H13NO. The van der Waals surface area contributed by atoms with Crippen molar-refractivity contribution in [2.75, 3.05) is 0 Å². The summed E-state index contributed by atoms with van der Waals surface area (Å²) in [5.74, 6) is 0.405. The van der Waals surface area contributed by atoms with Gasteiger partial charge in [-0.15, -0.1) is 0 Å². The summed E-state index contributed by atoms with van der Waals surface area (Å²) in [6.07, 6.45) is 5.15. The summed E-state index contributed by atoms with van der Waals surface area (Å²) in [5, 5.41) is 3.12. The molecule has 2 heteroatoms. The molecule has 0 amide bonds. The third kappa shape index (κ3) is 1.87. The number of Topliss-reactive ketones (excluding diaryl/α,β-unsaturated/α-hetero) is 1. The molecule has 1 saturated carbocycles. The first-order valence-electron chi connectivity index (χ1n) is 3.71. The summed E-state index contributed by atoms with van der Waals surface area (Å²) in [6, 6.07) is 0.496. The van der Waals surface area contributed by atoms with Crippen molar-refractivity contribution in [1.29, 1.82) is 0 Å². The Kier molecular flexibility index (Phi) is 2.49. The maximum Gasteiger partial charge on any atom is 0.133 e. The summed E-state index contributed by atoms with van der Waals surface area (Å²) in [5.41, 5.74) is 0. The Bertz CT molecular complexity index is 132. The highest BCUT2D eigenvalue weighted by Crippen LogP contribution is 2.14. The molecule has 0 saturated heterocycles. The van der Waals surface area contributed by atoms with Gasteiger partial charge in [0.1, 0.15) is 5.78 Å². The van der Waals surface area contributed by atoms with Gasteiger partial charge in [-0.2, -0.15) is 0 Å². The fourth-order valence-corrected chi connectivity index (χ4v) is 1.27. The van der Waals surface area contributed by atoms with Gasteiger partial charge in [0.15, 0.2) is 0 Å². The van der Waals surface area contributed by atoms with E-state index < -0.39 is 0 Å². The van der Waals surface area contributed by atoms with Gasteiger partial charge in [0.2, 0.25) is 0 Å². The Labute approximate surface area is 61.3 Å². The maximum atomic E-state index is 10.8. The lowest BCUT2D eigenvalue weighted by Gasteiger charge is -2.20. The van der Waals surface area contributed by atoms with Crippen LogP contribution in [0.25, 0.3) is 0 Å². The highest BCUT2D eigenvalue weighted by atomic mass is 16.1. The number of hydrogen-bond donors (Lipinski definition) is 1. The number of rotatable bonds is 2. The molecule has 0 aromatic carbocycles. The second-order valence-electron chi connectivity index (χ2n) is 2.68. The van der Waals surface area contributed by atoms with E-state index in [1.807, 2.05) is 0 Å². The molecule has 56 valence electrons. The third-order valence-electron chi connectivity index (χ3n) is 1.90. The van der Waals surface area contributed by atoms with Crippen LogP contribution in [0.2, 0.25) is 0 Å². The first kappa shape index (κ1) is 7.32. The molecule has 0 aromatic heterocycles. The standard InChI is InChI=1S/C8H13NO/c1-2-9-7-3-5-8(10)6-4-7/h2,7,9H,1,3-6H2. The summed E-state index contributed by atoms with van der Waals surface area (Å²) in [7, 11) is 0. The molecule has 1 N–H and O–H groups in total. The fraction of sp³-hybridized carbons (Fsp3) is 0.625. The monoisotopic (exact) mass is 139 g/mol. The predicted molar refractivity (Wildman–Crippen MR) is 40.6 cm³/mol. The lowest BCUT2D eigenvalue weighted by molar-refractivity contribution is -0.120. The van der Waals surface area contributed by atoms with Crippen molar-refractivity contribution in [3.8, 4) is 0 Å². The van der Waals surface area contributed by atoms with Crippen LogP contribution in [0.5, 0.6) is 0 Å². The molecule has 2 nitrogen and oxygen atoms in total. The van der Waals surface area contributed by atoms with E-state index >= 15 is 0 Å². The molecule has 0 bridgehead atoms. The Balaban J connectivity index is 2.25. The predicted octanol–water partition coefficient (Wildman–Crippen LogP) is 1.23. The number of carbonyl (C=O) groups is 1. The highest BCUT2D eigenvalue weighted by molar-refractivity contribution is 5.79. The summed E-state index contributed by atoms with van der Waals surface area (Å²) in [6.45, 7) is 3.58. The van der Waals surface area contributed by atoms with Crippen LogP contribution in [-0.2, 0) is 4.79 Å². The molecular weight excluding hydrogens is 126 g/mol. The van der Waals surface area contributed by atoms with E-state index in [-0.39, 0.29) is 0 Å². The largest absolute Gasteiger partial charge is 0.389 e. The Hall–Kier alpha value is -0.790. The number of ketones is 1. The molecule has 1 fully saturated rings. The van der Waals surface area contributed by atoms with Crippen LogP contribution in [0, 0.1) is 0 Å². The van der Waals surface area contributed by atoms with Crippen LogP contribution < -0.4 is 5.32 Å². The minimum atomic E-state index is 0.405. The smallest absolute Gasteiger partial charge is 0.133 e. The molecule has 10 heavy (non-hydrogen) atoms. The van der Waals surface area contributed by atoms with E-state index in [0.717, 1.165) is 25.7 Å². The lowest BCUT2D eigenvalue weighted by Crippen LogP contribution is -2.29. The minimum Gasteiger partial charge on any atom is -0.389 e. The quantitative estimate of drug-likeness (QED) is 0.623. The van der Waals surface area contributed by atoms with Gasteiger partial charge in [-0.1, -0.05) is 6.58 Å². The van der Waals surface area contributed by atoms with Crippen LogP contribution in [0.4, 0.5) is 0 Å². The zero-order valence-electron chi connectivity index (χ0n) is 6.10. The van der Waals surface area contributed by atoms with Gasteiger partial charge in [0.05, 0.1) is 0 Å². The van der Waals surface area contributed by atoms with Gasteiger partial charge >= 0.3 is 0 Å². The second-order valence-corrected chi connectivity index (χ2v) is 2.68. The average molecular weight is 139 g/mol. The molecule has 0 atom stereocenters. The summed E-state index contributed by atoms with van der Waals surface area (Å²) in [4.78, 5) is 10.8. The van der Waals surface area contributed by atoms with E-state index in [0.29, 0.717) is 11.8 Å². The Morgan fingerprint density at radius 1 is 1.50 bits per heavy atom. The molecule has 0 heterocycles. The van der Waals surface area contributed by atoms with E-state index in [2.05, 4.69) is 11.9 Å². The van der Waals surface area contributed by atoms with Gasteiger partial charge in [-0.05, 0) is 19.0 Å². The third-order valence-corrected chi connectivity index (χ3v) is 1.90. The van der Waals surface area contributed by atoms with Gasteiger partial charge in [0.25, 0.3) is 0 Å². The molecule has 0 aliphatic heterocycles. The fourth-order valence-electron chi connectivity index (χ4n) is 1.27. The van der Waals surface area contributed by atoms with Crippen LogP contribution in [0.1, 0.15) is 25.7 Å². The Morgan fingerprint density at radius 2 is 2.10 bits per heavy atom. The Morgan fingerprint density at radius 3 is 2.60 bits per heavy atom. The van der Waals surface area contributed by atoms with Crippen molar-refractivity contribution >= 4 is 5.78 Å². The van der Waals surface area contributed by atoms with Crippen molar-refractivity contribution in [2.45, 2.75) is 31.7 Å². The SMILES string of the molecule is C=CNC1CCC(=O)CC1. The highest BCUT2D eigenvalue weighted by Gasteiger charge is 2.16. The number of carbonyl (C=O) groups excluding carboxylic acids is 1. The lowest BCUT2D eigenvalue weighted by atomic mass is 9.95. The molecule has 1 aliphatic carbocycles. The van der Waals surface area contributed by atoms with Crippen molar-refractivity contribution < 1.29 is 4.79 Å². The molecule has 0 spiro atoms. The van der Waals surface area contributed by atoms with Gasteiger partial charge < -0.3 is 5.32 Å². The van der Waals surface area contributed by atoms with E-state index in [4.69, 9.17) is 0 Å². The summed E-state index contributed by atoms with van der Waals surface area (Å²) >= 11 is 0. The number of hydrogen-bond acceptors (Lipinski definition) is 2. The van der Waals surface area contributed by atoms with Crippen LogP contribution >= 0.6 is 0 Å². The number of nitrogens with one attached hydrogen (secondary N) is 1.